The van der Waals surface area contributed by atoms with Crippen molar-refractivity contribution in [2.75, 3.05) is 24.9 Å². The number of anilines is 2. The molecule has 0 fully saturated rings. The summed E-state index contributed by atoms with van der Waals surface area (Å²) in [5.41, 5.74) is 5.91. The summed E-state index contributed by atoms with van der Waals surface area (Å²) in [6.45, 7) is 0. The van der Waals surface area contributed by atoms with E-state index in [4.69, 9.17) is 9.47 Å². The summed E-state index contributed by atoms with van der Waals surface area (Å²) in [6.07, 6.45) is 0.951. The number of nitrogens with one attached hydrogen (secondary N) is 2. The second-order valence-electron chi connectivity index (χ2n) is 9.08. The maximum Gasteiger partial charge on any atom is 0.307 e. The van der Waals surface area contributed by atoms with E-state index in [0.29, 0.717) is 29.7 Å². The second kappa shape index (κ2) is 9.77. The van der Waals surface area contributed by atoms with E-state index in [9.17, 15) is 14.7 Å². The lowest BCUT2D eigenvalue weighted by Gasteiger charge is -2.30. The lowest BCUT2D eigenvalue weighted by atomic mass is 9.78. The molecule has 0 aromatic heterocycles. The summed E-state index contributed by atoms with van der Waals surface area (Å²) in [5.74, 6) is 0.468. The fourth-order valence-electron chi connectivity index (χ4n) is 5.10. The fraction of sp³-hybridized carbons (Fsp3) is 0.241. The number of carboxylic acid groups (broad SMARTS) is 1. The number of rotatable bonds is 6. The summed E-state index contributed by atoms with van der Waals surface area (Å²) < 4.78 is 10.8. The number of allylic oxidation sites excluding steroid dienone is 1. The van der Waals surface area contributed by atoms with Crippen LogP contribution in [0.15, 0.2) is 78.0 Å². The minimum atomic E-state index is -0.927. The Morgan fingerprint density at radius 1 is 0.944 bits per heavy atom. The summed E-state index contributed by atoms with van der Waals surface area (Å²) in [5, 5.41) is 16.4. The van der Waals surface area contributed by atoms with Crippen molar-refractivity contribution in [2.24, 2.45) is 0 Å². The van der Waals surface area contributed by atoms with Gasteiger partial charge in [-0.1, -0.05) is 36.4 Å². The number of carboxylic acids is 1. The molecule has 1 heterocycles. The normalized spacial score (nSPS) is 18.8. The molecular formula is C29H28N2O5. The third-order valence-electron chi connectivity index (χ3n) is 6.88. The van der Waals surface area contributed by atoms with E-state index in [2.05, 4.69) is 10.6 Å². The van der Waals surface area contributed by atoms with Gasteiger partial charge in [-0.25, -0.2) is 0 Å². The van der Waals surface area contributed by atoms with Crippen LogP contribution in [-0.4, -0.2) is 31.1 Å². The second-order valence-corrected chi connectivity index (χ2v) is 9.08. The molecule has 1 aliphatic heterocycles. The fourth-order valence-corrected chi connectivity index (χ4v) is 5.10. The minimum Gasteiger partial charge on any atom is -0.497 e. The van der Waals surface area contributed by atoms with Crippen LogP contribution in [0.5, 0.6) is 11.5 Å². The Kier molecular flexibility index (Phi) is 6.38. The molecule has 3 N–H and O–H groups in total. The number of hydrogen-bond acceptors (Lipinski definition) is 6. The monoisotopic (exact) mass is 484 g/mol. The maximum atomic E-state index is 13.7. The molecule has 0 spiro atoms. The van der Waals surface area contributed by atoms with Crippen molar-refractivity contribution in [1.29, 1.82) is 0 Å². The van der Waals surface area contributed by atoms with Gasteiger partial charge in [0.1, 0.15) is 11.5 Å². The summed E-state index contributed by atoms with van der Waals surface area (Å²) >= 11 is 0. The molecule has 0 saturated heterocycles. The van der Waals surface area contributed by atoms with E-state index in [1.54, 1.807) is 13.2 Å². The highest BCUT2D eigenvalue weighted by molar-refractivity contribution is 6.01. The van der Waals surface area contributed by atoms with Crippen LogP contribution in [-0.2, 0) is 16.0 Å². The molecule has 0 saturated carbocycles. The smallest absolute Gasteiger partial charge is 0.307 e. The van der Waals surface area contributed by atoms with Crippen LogP contribution < -0.4 is 20.1 Å². The zero-order chi connectivity index (χ0) is 25.2. The van der Waals surface area contributed by atoms with Gasteiger partial charge in [-0.15, -0.1) is 0 Å². The van der Waals surface area contributed by atoms with Crippen molar-refractivity contribution < 1.29 is 24.2 Å². The first-order valence-electron chi connectivity index (χ1n) is 11.9. The van der Waals surface area contributed by atoms with E-state index in [0.717, 1.165) is 33.9 Å². The molecule has 2 unspecified atom stereocenters. The number of carbonyl (C=O) groups is 2. The summed E-state index contributed by atoms with van der Waals surface area (Å²) in [4.78, 5) is 25.0. The van der Waals surface area contributed by atoms with Crippen LogP contribution in [0.1, 0.15) is 41.5 Å². The zero-order valence-corrected chi connectivity index (χ0v) is 20.2. The first kappa shape index (κ1) is 23.5. The molecule has 2 atom stereocenters. The molecule has 3 aromatic rings. The molecule has 36 heavy (non-hydrogen) atoms. The highest BCUT2D eigenvalue weighted by Crippen LogP contribution is 2.45. The molecule has 7 heteroatoms. The van der Waals surface area contributed by atoms with Gasteiger partial charge in [0.05, 0.1) is 38.1 Å². The molecule has 5 rings (SSSR count). The Morgan fingerprint density at radius 2 is 1.67 bits per heavy atom. The SMILES string of the molecule is COc1ccc(C2CC(=O)C3=C(C2)Nc2ccccc2NC3c2ccc(CC(=O)O)c(OC)c2)cc1. The highest BCUT2D eigenvalue weighted by atomic mass is 16.5. The molecule has 184 valence electrons. The molecule has 2 aliphatic rings. The topological polar surface area (TPSA) is 96.9 Å². The number of Topliss-reactive ketones (excluding diaryl/α,β-unsaturated/α-hetero) is 1. The van der Waals surface area contributed by atoms with Gasteiger partial charge in [0, 0.05) is 23.3 Å². The predicted molar refractivity (Wildman–Crippen MR) is 138 cm³/mol. The Hall–Kier alpha value is -4.26. The average molecular weight is 485 g/mol. The molecule has 1 aliphatic carbocycles. The van der Waals surface area contributed by atoms with Gasteiger partial charge in [0.2, 0.25) is 0 Å². The number of fused-ring (bicyclic) bond motifs is 1. The number of hydrogen-bond donors (Lipinski definition) is 3. The van der Waals surface area contributed by atoms with Crippen LogP contribution >= 0.6 is 0 Å². The van der Waals surface area contributed by atoms with E-state index in [-0.39, 0.29) is 18.1 Å². The number of carbonyl (C=O) groups excluding carboxylic acids is 1. The van der Waals surface area contributed by atoms with E-state index >= 15 is 0 Å². The molecular weight excluding hydrogens is 456 g/mol. The minimum absolute atomic E-state index is 0.0491. The van der Waals surface area contributed by atoms with Gasteiger partial charge in [-0.3, -0.25) is 9.59 Å². The number of ketones is 1. The quantitative estimate of drug-likeness (QED) is 0.436. The van der Waals surface area contributed by atoms with Crippen LogP contribution in [0.3, 0.4) is 0 Å². The van der Waals surface area contributed by atoms with Crippen molar-refractivity contribution in [3.05, 3.63) is 94.7 Å². The van der Waals surface area contributed by atoms with E-state index < -0.39 is 12.0 Å². The van der Waals surface area contributed by atoms with Gasteiger partial charge in [-0.05, 0) is 53.8 Å². The van der Waals surface area contributed by atoms with Crippen molar-refractivity contribution in [1.82, 2.24) is 0 Å². The molecule has 7 nitrogen and oxygen atoms in total. The van der Waals surface area contributed by atoms with Gasteiger partial charge < -0.3 is 25.2 Å². The summed E-state index contributed by atoms with van der Waals surface area (Å²) in [7, 11) is 3.16. The summed E-state index contributed by atoms with van der Waals surface area (Å²) in [6, 6.07) is 20.8. The van der Waals surface area contributed by atoms with Gasteiger partial charge in [-0.2, -0.15) is 0 Å². The Balaban J connectivity index is 1.57. The van der Waals surface area contributed by atoms with E-state index in [1.165, 1.54) is 7.11 Å². The van der Waals surface area contributed by atoms with Crippen LogP contribution in [0.2, 0.25) is 0 Å². The molecule has 0 radical (unpaired) electrons. The lowest BCUT2D eigenvalue weighted by Crippen LogP contribution is -2.27. The van der Waals surface area contributed by atoms with Crippen molar-refractivity contribution in [3.63, 3.8) is 0 Å². The van der Waals surface area contributed by atoms with Gasteiger partial charge in [0.15, 0.2) is 5.78 Å². The first-order valence-corrected chi connectivity index (χ1v) is 11.9. The van der Waals surface area contributed by atoms with Crippen molar-refractivity contribution in [3.8, 4) is 11.5 Å². The zero-order valence-electron chi connectivity index (χ0n) is 20.2. The standard InChI is InChI=1S/C29H28N2O5/c1-35-21-11-9-17(10-12-21)20-13-24-28(25(32)14-20)29(31-23-6-4-3-5-22(23)30-24)19-8-7-18(16-27(33)34)26(15-19)36-2/h3-12,15,20,29-31H,13-14,16H2,1-2H3,(H,33,34). The highest BCUT2D eigenvalue weighted by Gasteiger charge is 2.36. The average Bonchev–Trinajstić information content (AvgIpc) is 3.05. The molecule has 0 bridgehead atoms. The number of para-hydroxylation sites is 2. The Labute approximate surface area is 209 Å². The predicted octanol–water partition coefficient (Wildman–Crippen LogP) is 5.31. The van der Waals surface area contributed by atoms with E-state index in [1.807, 2.05) is 60.7 Å². The Bertz CT molecular complexity index is 1350. The first-order chi connectivity index (χ1) is 17.5. The lowest BCUT2D eigenvalue weighted by molar-refractivity contribution is -0.136. The van der Waals surface area contributed by atoms with Crippen LogP contribution in [0, 0.1) is 0 Å². The number of aliphatic carboxylic acids is 1. The molecule has 0 amide bonds. The van der Waals surface area contributed by atoms with Crippen LogP contribution in [0.4, 0.5) is 11.4 Å². The van der Waals surface area contributed by atoms with Gasteiger partial charge >= 0.3 is 5.97 Å². The van der Waals surface area contributed by atoms with Crippen molar-refractivity contribution >= 4 is 23.1 Å². The largest absolute Gasteiger partial charge is 0.497 e. The molecule has 3 aromatic carbocycles. The van der Waals surface area contributed by atoms with Gasteiger partial charge in [0.25, 0.3) is 0 Å². The number of benzene rings is 3. The third kappa shape index (κ3) is 4.52. The number of ether oxygens (including phenoxy) is 2. The Morgan fingerprint density at radius 3 is 2.36 bits per heavy atom. The van der Waals surface area contributed by atoms with Crippen LogP contribution in [0.25, 0.3) is 0 Å². The maximum absolute atomic E-state index is 13.7. The van der Waals surface area contributed by atoms with Crippen molar-refractivity contribution in [2.45, 2.75) is 31.2 Å². The number of methoxy groups -OCH3 is 2. The third-order valence-corrected chi connectivity index (χ3v) is 6.88.